The van der Waals surface area contributed by atoms with Crippen molar-refractivity contribution in [1.82, 2.24) is 0 Å². The van der Waals surface area contributed by atoms with Crippen molar-refractivity contribution in [3.63, 3.8) is 0 Å². The minimum absolute atomic E-state index is 0.664. The van der Waals surface area contributed by atoms with E-state index in [9.17, 15) is 0 Å². The third-order valence-electron chi connectivity index (χ3n) is 3.14. The van der Waals surface area contributed by atoms with Crippen LogP contribution in [0.4, 0.5) is 5.69 Å². The van der Waals surface area contributed by atoms with Gasteiger partial charge in [-0.15, -0.1) is 0 Å². The molecule has 19 heavy (non-hydrogen) atoms. The van der Waals surface area contributed by atoms with E-state index in [0.29, 0.717) is 6.61 Å². The summed E-state index contributed by atoms with van der Waals surface area (Å²) in [6, 6.07) is 14.5. The maximum absolute atomic E-state index is 5.73. The molecule has 1 N–H and O–H groups in total. The zero-order chi connectivity index (χ0) is 13.7. The number of hydrogen-bond donors (Lipinski definition) is 1. The predicted octanol–water partition coefficient (Wildman–Crippen LogP) is 4.10. The van der Waals surface area contributed by atoms with Crippen molar-refractivity contribution in [2.75, 3.05) is 18.5 Å². The van der Waals surface area contributed by atoms with Crippen molar-refractivity contribution in [3.8, 4) is 5.75 Å². The van der Waals surface area contributed by atoms with Crippen molar-refractivity contribution in [1.29, 1.82) is 0 Å². The van der Waals surface area contributed by atoms with Crippen molar-refractivity contribution < 1.29 is 4.74 Å². The van der Waals surface area contributed by atoms with Gasteiger partial charge in [0.25, 0.3) is 0 Å². The number of benzene rings is 2. The largest absolute Gasteiger partial charge is 0.492 e. The topological polar surface area (TPSA) is 21.3 Å². The molecule has 2 aromatic carbocycles. The molecule has 0 atom stereocenters. The molecule has 100 valence electrons. The lowest BCUT2D eigenvalue weighted by Crippen LogP contribution is -2.13. The standard InChI is InChI=1S/C17H21NO/c1-13-6-4-9-16(12-13)19-11-10-18-17-14(2)7-5-8-15(17)3/h4-9,12,18H,10-11H2,1-3H3. The van der Waals surface area contributed by atoms with Gasteiger partial charge in [-0.1, -0.05) is 30.3 Å². The predicted molar refractivity (Wildman–Crippen MR) is 81.1 cm³/mol. The highest BCUT2D eigenvalue weighted by molar-refractivity contribution is 5.56. The Morgan fingerprint density at radius 2 is 1.63 bits per heavy atom. The molecule has 0 fully saturated rings. The van der Waals surface area contributed by atoms with Gasteiger partial charge in [-0.3, -0.25) is 0 Å². The van der Waals surface area contributed by atoms with Gasteiger partial charge < -0.3 is 10.1 Å². The third-order valence-corrected chi connectivity index (χ3v) is 3.14. The highest BCUT2D eigenvalue weighted by Crippen LogP contribution is 2.19. The fraction of sp³-hybridized carbons (Fsp3) is 0.294. The molecule has 0 amide bonds. The lowest BCUT2D eigenvalue weighted by atomic mass is 10.1. The molecule has 0 aliphatic heterocycles. The van der Waals surface area contributed by atoms with E-state index in [4.69, 9.17) is 4.74 Å². The van der Waals surface area contributed by atoms with Gasteiger partial charge >= 0.3 is 0 Å². The average molecular weight is 255 g/mol. The smallest absolute Gasteiger partial charge is 0.119 e. The SMILES string of the molecule is Cc1cccc(OCCNc2c(C)cccc2C)c1. The molecule has 0 radical (unpaired) electrons. The number of aryl methyl sites for hydroxylation is 3. The van der Waals surface area contributed by atoms with Crippen molar-refractivity contribution in [2.45, 2.75) is 20.8 Å². The minimum Gasteiger partial charge on any atom is -0.492 e. The second-order valence-electron chi connectivity index (χ2n) is 4.86. The number of nitrogens with one attached hydrogen (secondary N) is 1. The van der Waals surface area contributed by atoms with Gasteiger partial charge in [0, 0.05) is 12.2 Å². The number of ether oxygens (including phenoxy) is 1. The van der Waals surface area contributed by atoms with E-state index in [1.54, 1.807) is 0 Å². The average Bonchev–Trinajstić information content (AvgIpc) is 2.37. The molecule has 2 aromatic rings. The summed E-state index contributed by atoms with van der Waals surface area (Å²) in [6.07, 6.45) is 0. The monoisotopic (exact) mass is 255 g/mol. The Morgan fingerprint density at radius 1 is 0.947 bits per heavy atom. The Kier molecular flexibility index (Phi) is 4.45. The van der Waals surface area contributed by atoms with E-state index in [1.165, 1.54) is 22.4 Å². The lowest BCUT2D eigenvalue weighted by Gasteiger charge is -2.13. The van der Waals surface area contributed by atoms with Crippen molar-refractivity contribution in [2.24, 2.45) is 0 Å². The summed E-state index contributed by atoms with van der Waals surface area (Å²) in [4.78, 5) is 0. The van der Waals surface area contributed by atoms with Crippen LogP contribution < -0.4 is 10.1 Å². The summed E-state index contributed by atoms with van der Waals surface area (Å²) in [5.74, 6) is 0.934. The van der Waals surface area contributed by atoms with Crippen LogP contribution in [0, 0.1) is 20.8 Å². The Balaban J connectivity index is 1.84. The Bertz CT molecular complexity index is 528. The summed E-state index contributed by atoms with van der Waals surface area (Å²) in [6.45, 7) is 7.78. The van der Waals surface area contributed by atoms with Crippen molar-refractivity contribution >= 4 is 5.69 Å². The molecule has 0 saturated carbocycles. The van der Waals surface area contributed by atoms with E-state index >= 15 is 0 Å². The third kappa shape index (κ3) is 3.75. The molecule has 2 nitrogen and oxygen atoms in total. The molecule has 0 spiro atoms. The van der Waals surface area contributed by atoms with E-state index in [2.05, 4.69) is 56.4 Å². The van der Waals surface area contributed by atoms with Gasteiger partial charge in [-0.25, -0.2) is 0 Å². The first-order chi connectivity index (χ1) is 9.16. The van der Waals surface area contributed by atoms with Crippen LogP contribution in [0.5, 0.6) is 5.75 Å². The summed E-state index contributed by atoms with van der Waals surface area (Å²) < 4.78 is 5.73. The van der Waals surface area contributed by atoms with Gasteiger partial charge in [0.05, 0.1) is 0 Å². The second kappa shape index (κ2) is 6.28. The molecule has 0 unspecified atom stereocenters. The maximum atomic E-state index is 5.73. The van der Waals surface area contributed by atoms with Gasteiger partial charge in [-0.05, 0) is 49.6 Å². The number of hydrogen-bond acceptors (Lipinski definition) is 2. The first-order valence-electron chi connectivity index (χ1n) is 6.66. The number of anilines is 1. The molecule has 0 bridgehead atoms. The molecule has 2 heteroatoms. The Labute approximate surface area is 115 Å². The quantitative estimate of drug-likeness (QED) is 0.812. The van der Waals surface area contributed by atoms with Crippen molar-refractivity contribution in [3.05, 3.63) is 59.2 Å². The molecule has 0 aromatic heterocycles. The first kappa shape index (κ1) is 13.5. The molecule has 2 rings (SSSR count). The van der Waals surface area contributed by atoms with E-state index in [-0.39, 0.29) is 0 Å². The van der Waals surface area contributed by atoms with Gasteiger partial charge in [-0.2, -0.15) is 0 Å². The maximum Gasteiger partial charge on any atom is 0.119 e. The molecule has 0 aliphatic carbocycles. The van der Waals surface area contributed by atoms with Crippen LogP contribution in [0.25, 0.3) is 0 Å². The molecule has 0 aliphatic rings. The van der Waals surface area contributed by atoms with Gasteiger partial charge in [0.15, 0.2) is 0 Å². The van der Waals surface area contributed by atoms with Gasteiger partial charge in [0.1, 0.15) is 12.4 Å². The van der Waals surface area contributed by atoms with Crippen LogP contribution in [0.3, 0.4) is 0 Å². The van der Waals surface area contributed by atoms with Gasteiger partial charge in [0.2, 0.25) is 0 Å². The summed E-state index contributed by atoms with van der Waals surface area (Å²) in [7, 11) is 0. The first-order valence-corrected chi connectivity index (χ1v) is 6.66. The van der Waals surface area contributed by atoms with Crippen LogP contribution in [0.1, 0.15) is 16.7 Å². The normalized spacial score (nSPS) is 10.3. The van der Waals surface area contributed by atoms with Crippen LogP contribution in [-0.4, -0.2) is 13.2 Å². The minimum atomic E-state index is 0.664. The fourth-order valence-corrected chi connectivity index (χ4v) is 2.14. The zero-order valence-electron chi connectivity index (χ0n) is 11.9. The van der Waals surface area contributed by atoms with Crippen LogP contribution in [-0.2, 0) is 0 Å². The summed E-state index contributed by atoms with van der Waals surface area (Å²) in [5.41, 5.74) is 4.99. The molecule has 0 heterocycles. The zero-order valence-corrected chi connectivity index (χ0v) is 11.9. The lowest BCUT2D eigenvalue weighted by molar-refractivity contribution is 0.332. The Hall–Kier alpha value is -1.96. The van der Waals surface area contributed by atoms with E-state index in [0.717, 1.165) is 12.3 Å². The summed E-state index contributed by atoms with van der Waals surface area (Å²) >= 11 is 0. The Morgan fingerprint density at radius 3 is 2.32 bits per heavy atom. The molecular formula is C17H21NO. The highest BCUT2D eigenvalue weighted by atomic mass is 16.5. The highest BCUT2D eigenvalue weighted by Gasteiger charge is 2.00. The van der Waals surface area contributed by atoms with Crippen LogP contribution >= 0.6 is 0 Å². The van der Waals surface area contributed by atoms with Crippen LogP contribution in [0.2, 0.25) is 0 Å². The number of para-hydroxylation sites is 1. The second-order valence-corrected chi connectivity index (χ2v) is 4.86. The van der Waals surface area contributed by atoms with Crippen LogP contribution in [0.15, 0.2) is 42.5 Å². The molecular weight excluding hydrogens is 234 g/mol. The van der Waals surface area contributed by atoms with E-state index in [1.807, 2.05) is 12.1 Å². The summed E-state index contributed by atoms with van der Waals surface area (Å²) in [5, 5.41) is 3.44. The fourth-order valence-electron chi connectivity index (χ4n) is 2.14. The number of rotatable bonds is 5. The van der Waals surface area contributed by atoms with E-state index < -0.39 is 0 Å². The molecule has 0 saturated heterocycles.